The zero-order chi connectivity index (χ0) is 20.9. The van der Waals surface area contributed by atoms with Gasteiger partial charge in [0.15, 0.2) is 0 Å². The lowest BCUT2D eigenvalue weighted by Gasteiger charge is -2.35. The van der Waals surface area contributed by atoms with Crippen molar-refractivity contribution in [3.63, 3.8) is 0 Å². The predicted octanol–water partition coefficient (Wildman–Crippen LogP) is 1.23. The van der Waals surface area contributed by atoms with E-state index in [9.17, 15) is 18.0 Å². The molecule has 0 aliphatic carbocycles. The van der Waals surface area contributed by atoms with Crippen LogP contribution >= 0.6 is 0 Å². The van der Waals surface area contributed by atoms with Gasteiger partial charge >= 0.3 is 11.7 Å². The van der Waals surface area contributed by atoms with Crippen molar-refractivity contribution in [1.82, 2.24) is 19.2 Å². The minimum atomic E-state index is -3.31. The molecule has 29 heavy (non-hydrogen) atoms. The number of urea groups is 1. The number of carbonyl (C=O) groups excluding carboxylic acids is 1. The van der Waals surface area contributed by atoms with E-state index >= 15 is 0 Å². The van der Waals surface area contributed by atoms with Crippen molar-refractivity contribution in [2.45, 2.75) is 31.8 Å². The van der Waals surface area contributed by atoms with Crippen LogP contribution in [0.15, 0.2) is 47.5 Å². The van der Waals surface area contributed by atoms with E-state index in [0.29, 0.717) is 18.8 Å². The summed E-state index contributed by atoms with van der Waals surface area (Å²) in [5, 5.41) is 2.89. The van der Waals surface area contributed by atoms with E-state index in [1.54, 1.807) is 23.2 Å². The lowest BCUT2D eigenvalue weighted by atomic mass is 10.0. The molecule has 1 aromatic carbocycles. The van der Waals surface area contributed by atoms with Crippen molar-refractivity contribution in [2.75, 3.05) is 24.7 Å². The van der Waals surface area contributed by atoms with Gasteiger partial charge < -0.3 is 10.2 Å². The fourth-order valence-corrected chi connectivity index (χ4v) is 3.87. The minimum absolute atomic E-state index is 0.185. The van der Waals surface area contributed by atoms with Gasteiger partial charge in [-0.1, -0.05) is 12.1 Å². The molecule has 0 spiro atoms. The number of nitrogens with zero attached hydrogens (tertiary/aromatic N) is 3. The number of hydrogen-bond acceptors (Lipinski definition) is 5. The zero-order valence-electron chi connectivity index (χ0n) is 16.2. The summed E-state index contributed by atoms with van der Waals surface area (Å²) in [4.78, 5) is 30.0. The molecule has 1 aliphatic rings. The Morgan fingerprint density at radius 1 is 1.28 bits per heavy atom. The van der Waals surface area contributed by atoms with Gasteiger partial charge in [0.05, 0.1) is 12.8 Å². The number of amides is 2. The maximum atomic E-state index is 12.8. The molecule has 2 heterocycles. The third-order valence-electron chi connectivity index (χ3n) is 4.78. The highest BCUT2D eigenvalue weighted by Gasteiger charge is 2.27. The van der Waals surface area contributed by atoms with Gasteiger partial charge in [-0.3, -0.25) is 4.57 Å². The number of nitrogens with one attached hydrogen (secondary N) is 2. The van der Waals surface area contributed by atoms with Gasteiger partial charge in [0.1, 0.15) is 0 Å². The van der Waals surface area contributed by atoms with Gasteiger partial charge in [-0.25, -0.2) is 27.7 Å². The van der Waals surface area contributed by atoms with E-state index in [-0.39, 0.29) is 24.3 Å². The molecule has 1 fully saturated rings. The normalized spacial score (nSPS) is 17.1. The molecule has 2 N–H and O–H groups in total. The lowest BCUT2D eigenvalue weighted by Crippen LogP contribution is -2.50. The van der Waals surface area contributed by atoms with Gasteiger partial charge in [-0.05, 0) is 43.0 Å². The summed E-state index contributed by atoms with van der Waals surface area (Å²) in [6.07, 6.45) is 6.80. The number of likely N-dealkylation sites (tertiary alicyclic amines) is 1. The highest BCUT2D eigenvalue weighted by Crippen LogP contribution is 2.19. The van der Waals surface area contributed by atoms with Crippen molar-refractivity contribution in [3.05, 3.63) is 58.8 Å². The summed E-state index contributed by atoms with van der Waals surface area (Å²) in [5.41, 5.74) is 1.13. The van der Waals surface area contributed by atoms with E-state index in [4.69, 9.17) is 0 Å². The van der Waals surface area contributed by atoms with Crippen LogP contribution in [0.4, 0.5) is 10.5 Å². The Labute approximate surface area is 169 Å². The molecular formula is C19H25N5O4S. The molecule has 3 rings (SSSR count). The van der Waals surface area contributed by atoms with Crippen molar-refractivity contribution in [2.24, 2.45) is 0 Å². The number of carbonyl (C=O) groups is 1. The average Bonchev–Trinajstić information content (AvgIpc) is 2.68. The molecule has 0 radical (unpaired) electrons. The lowest BCUT2D eigenvalue weighted by molar-refractivity contribution is 0.164. The third-order valence-corrected chi connectivity index (χ3v) is 5.47. The summed E-state index contributed by atoms with van der Waals surface area (Å²) in [6.45, 7) is 1.13. The number of sulfonamides is 1. The van der Waals surface area contributed by atoms with Crippen LogP contribution in [-0.4, -0.2) is 54.3 Å². The summed E-state index contributed by atoms with van der Waals surface area (Å²) < 4.78 is 26.8. The first kappa shape index (κ1) is 21.0. The molecule has 0 bridgehead atoms. The number of piperidine rings is 1. The minimum Gasteiger partial charge on any atom is -0.320 e. The molecule has 1 aliphatic heterocycles. The largest absolute Gasteiger partial charge is 0.347 e. The van der Waals surface area contributed by atoms with E-state index in [1.807, 2.05) is 18.2 Å². The highest BCUT2D eigenvalue weighted by molar-refractivity contribution is 7.88. The topological polar surface area (TPSA) is 113 Å². The van der Waals surface area contributed by atoms with Crippen LogP contribution in [0.5, 0.6) is 0 Å². The zero-order valence-corrected chi connectivity index (χ0v) is 17.1. The molecule has 1 aromatic heterocycles. The fraction of sp³-hybridized carbons (Fsp3) is 0.421. The maximum absolute atomic E-state index is 12.8. The number of aromatic nitrogens is 2. The Kier molecular flexibility index (Phi) is 6.65. The molecule has 0 saturated carbocycles. The fourth-order valence-electron chi connectivity index (χ4n) is 3.37. The maximum Gasteiger partial charge on any atom is 0.347 e. The Morgan fingerprint density at radius 2 is 2.10 bits per heavy atom. The first-order valence-electron chi connectivity index (χ1n) is 9.44. The predicted molar refractivity (Wildman–Crippen MR) is 110 cm³/mol. The highest BCUT2D eigenvalue weighted by atomic mass is 32.2. The summed E-state index contributed by atoms with van der Waals surface area (Å²) in [7, 11) is -3.31. The van der Waals surface area contributed by atoms with E-state index < -0.39 is 10.0 Å². The van der Waals surface area contributed by atoms with Crippen LogP contribution in [0.3, 0.4) is 0 Å². The molecular weight excluding hydrogens is 394 g/mol. The van der Waals surface area contributed by atoms with Crippen LogP contribution in [0, 0.1) is 0 Å². The second-order valence-electron chi connectivity index (χ2n) is 7.12. The smallest absolute Gasteiger partial charge is 0.320 e. The van der Waals surface area contributed by atoms with E-state index in [2.05, 4.69) is 15.0 Å². The molecule has 1 atom stereocenters. The first-order valence-corrected chi connectivity index (χ1v) is 11.3. The Balaban J connectivity index is 1.67. The van der Waals surface area contributed by atoms with Crippen LogP contribution in [0.25, 0.3) is 0 Å². The summed E-state index contributed by atoms with van der Waals surface area (Å²) >= 11 is 0. The van der Waals surface area contributed by atoms with Crippen molar-refractivity contribution < 1.29 is 13.2 Å². The van der Waals surface area contributed by atoms with Gasteiger partial charge in [0.25, 0.3) is 0 Å². The van der Waals surface area contributed by atoms with Crippen molar-refractivity contribution in [3.8, 4) is 0 Å². The number of hydrogen-bond donors (Lipinski definition) is 2. The molecule has 0 unspecified atom stereocenters. The first-order chi connectivity index (χ1) is 13.8. The molecule has 1 saturated heterocycles. The Bertz CT molecular complexity index is 1020. The summed E-state index contributed by atoms with van der Waals surface area (Å²) in [5.74, 6) is 0. The number of benzene rings is 1. The molecule has 9 nitrogen and oxygen atoms in total. The second kappa shape index (κ2) is 9.19. The average molecular weight is 420 g/mol. The Morgan fingerprint density at radius 3 is 2.86 bits per heavy atom. The molecule has 10 heteroatoms. The molecule has 2 amide bonds. The van der Waals surface area contributed by atoms with Crippen molar-refractivity contribution in [1.29, 1.82) is 0 Å². The second-order valence-corrected chi connectivity index (χ2v) is 8.96. The van der Waals surface area contributed by atoms with Crippen molar-refractivity contribution >= 4 is 21.7 Å². The monoisotopic (exact) mass is 419 g/mol. The molecule has 156 valence electrons. The van der Waals surface area contributed by atoms with Crippen LogP contribution < -0.4 is 15.7 Å². The SMILES string of the molecule is CS(=O)(=O)NC[C@H]1CCCCN1C(=O)Nc1cccc(Cn2cccnc2=O)c1. The van der Waals surface area contributed by atoms with E-state index in [0.717, 1.165) is 31.1 Å². The third kappa shape index (κ3) is 6.13. The quantitative estimate of drug-likeness (QED) is 0.731. The summed E-state index contributed by atoms with van der Waals surface area (Å²) in [6, 6.07) is 8.51. The van der Waals surface area contributed by atoms with Gasteiger partial charge in [0, 0.05) is 37.2 Å². The van der Waals surface area contributed by atoms with Gasteiger partial charge in [0.2, 0.25) is 10.0 Å². The Hall–Kier alpha value is -2.72. The number of rotatable bonds is 6. The van der Waals surface area contributed by atoms with E-state index in [1.165, 1.54) is 10.8 Å². The molecule has 2 aromatic rings. The van der Waals surface area contributed by atoms with Gasteiger partial charge in [-0.2, -0.15) is 0 Å². The van der Waals surface area contributed by atoms with Crippen LogP contribution in [0.1, 0.15) is 24.8 Å². The van der Waals surface area contributed by atoms with Crippen LogP contribution in [-0.2, 0) is 16.6 Å². The standard InChI is InChI=1S/C19H25N5O4S/c1-29(27,28)21-13-17-8-2-3-11-24(17)19(26)22-16-7-4-6-15(12-16)14-23-10-5-9-20-18(23)25/h4-7,9-10,12,17,21H,2-3,8,11,13-14H2,1H3,(H,22,26)/t17-/m1/s1. The van der Waals surface area contributed by atoms with Crippen LogP contribution in [0.2, 0.25) is 0 Å². The van der Waals surface area contributed by atoms with Gasteiger partial charge in [-0.15, -0.1) is 0 Å². The number of anilines is 1.